The first kappa shape index (κ1) is 14.5. The minimum atomic E-state index is -4.79. The number of carboxylic acid groups (broad SMARTS) is 1. The first-order chi connectivity index (χ1) is 9.06. The van der Waals surface area contributed by atoms with Gasteiger partial charge in [0.2, 0.25) is 9.84 Å². The van der Waals surface area contributed by atoms with E-state index in [0.717, 1.165) is 12.1 Å². The quantitative estimate of drug-likeness (QED) is 0.858. The third-order valence-corrected chi connectivity index (χ3v) is 4.66. The monoisotopic (exact) mass is 308 g/mol. The van der Waals surface area contributed by atoms with Gasteiger partial charge in [-0.15, -0.1) is 0 Å². The maximum atomic E-state index is 12.8. The lowest BCUT2D eigenvalue weighted by atomic mass is 10.1. The van der Waals surface area contributed by atoms with Crippen LogP contribution in [-0.2, 0) is 20.8 Å². The number of halogens is 3. The van der Waals surface area contributed by atoms with Gasteiger partial charge >= 0.3 is 12.1 Å². The van der Waals surface area contributed by atoms with Crippen molar-refractivity contribution in [1.29, 1.82) is 0 Å². The minimum absolute atomic E-state index is 0.548. The fourth-order valence-electron chi connectivity index (χ4n) is 1.87. The molecule has 0 aliphatic carbocycles. The van der Waals surface area contributed by atoms with E-state index in [4.69, 9.17) is 5.11 Å². The molecule has 1 aliphatic rings. The van der Waals surface area contributed by atoms with Crippen molar-refractivity contribution in [1.82, 2.24) is 0 Å². The van der Waals surface area contributed by atoms with E-state index in [2.05, 4.69) is 0 Å². The van der Waals surface area contributed by atoms with Gasteiger partial charge in [-0.1, -0.05) is 6.07 Å². The summed E-state index contributed by atoms with van der Waals surface area (Å²) < 4.78 is 62.2. The Hall–Kier alpha value is -1.87. The highest BCUT2D eigenvalue weighted by molar-refractivity contribution is 7.96. The molecule has 20 heavy (non-hydrogen) atoms. The van der Waals surface area contributed by atoms with Crippen molar-refractivity contribution in [2.45, 2.75) is 17.2 Å². The molecule has 1 heterocycles. The van der Waals surface area contributed by atoms with Crippen LogP contribution < -0.4 is 0 Å². The van der Waals surface area contributed by atoms with Crippen LogP contribution in [0.2, 0.25) is 0 Å². The summed E-state index contributed by atoms with van der Waals surface area (Å²) in [7, 11) is -4.44. The number of sulfone groups is 1. The van der Waals surface area contributed by atoms with E-state index in [1.54, 1.807) is 0 Å². The lowest BCUT2D eigenvalue weighted by Crippen LogP contribution is -2.25. The molecule has 0 radical (unpaired) electrons. The van der Waals surface area contributed by atoms with Crippen LogP contribution in [0.15, 0.2) is 28.0 Å². The number of aliphatic hydroxyl groups excluding tert-OH is 1. The molecule has 1 aromatic carbocycles. The van der Waals surface area contributed by atoms with Gasteiger partial charge in [0.15, 0.2) is 6.10 Å². The predicted molar refractivity (Wildman–Crippen MR) is 60.2 cm³/mol. The minimum Gasteiger partial charge on any atom is -0.479 e. The largest absolute Gasteiger partial charge is 0.479 e. The van der Waals surface area contributed by atoms with Crippen molar-refractivity contribution >= 4 is 21.9 Å². The fraction of sp³-hybridized carbons (Fsp3) is 0.182. The topological polar surface area (TPSA) is 91.7 Å². The van der Waals surface area contributed by atoms with Crippen LogP contribution >= 0.6 is 0 Å². The van der Waals surface area contributed by atoms with Crippen LogP contribution in [0.5, 0.6) is 0 Å². The van der Waals surface area contributed by atoms with E-state index in [-0.39, 0.29) is 0 Å². The van der Waals surface area contributed by atoms with E-state index in [0.29, 0.717) is 12.1 Å². The summed E-state index contributed by atoms with van der Waals surface area (Å²) in [4.78, 5) is 8.99. The number of alkyl halides is 3. The zero-order valence-corrected chi connectivity index (χ0v) is 10.4. The number of carbonyl (C=O) groups is 1. The third-order valence-electron chi connectivity index (χ3n) is 2.76. The Bertz CT molecular complexity index is 718. The highest BCUT2D eigenvalue weighted by Gasteiger charge is 2.42. The van der Waals surface area contributed by atoms with E-state index >= 15 is 0 Å². The first-order valence-electron chi connectivity index (χ1n) is 5.14. The number of benzene rings is 1. The second-order valence-corrected chi connectivity index (χ2v) is 5.92. The number of hydrogen-bond acceptors (Lipinski definition) is 4. The van der Waals surface area contributed by atoms with E-state index in [1.807, 2.05) is 0 Å². The zero-order valence-electron chi connectivity index (χ0n) is 9.55. The molecular weight excluding hydrogens is 301 g/mol. The standard InChI is InChI=1S/C11H7F3O5S/c12-11(13,14)6-2-1-3-7-5(6)4-8(20(7,18)19)9(15)10(16)17/h1-4,9,15H,(H,16,17). The molecule has 0 fully saturated rings. The number of rotatable bonds is 2. The molecule has 5 nitrogen and oxygen atoms in total. The number of aliphatic hydroxyl groups is 1. The maximum Gasteiger partial charge on any atom is 0.417 e. The van der Waals surface area contributed by atoms with Gasteiger partial charge in [-0.25, -0.2) is 13.2 Å². The molecule has 0 spiro atoms. The Kier molecular flexibility index (Phi) is 3.14. The summed E-state index contributed by atoms with van der Waals surface area (Å²) >= 11 is 0. The molecule has 0 saturated carbocycles. The molecular formula is C11H7F3O5S. The molecule has 9 heteroatoms. The maximum absolute atomic E-state index is 12.8. The SMILES string of the molecule is O=C(O)C(O)C1=Cc2c(C(F)(F)F)cccc2S1(=O)=O. The number of carboxylic acids is 1. The van der Waals surface area contributed by atoms with Gasteiger partial charge in [0.05, 0.1) is 15.4 Å². The predicted octanol–water partition coefficient (Wildman–Crippen LogP) is 1.28. The van der Waals surface area contributed by atoms with Gasteiger partial charge in [0.25, 0.3) is 0 Å². The Morgan fingerprint density at radius 3 is 2.35 bits per heavy atom. The Morgan fingerprint density at radius 1 is 1.25 bits per heavy atom. The number of hydrogen-bond donors (Lipinski definition) is 2. The van der Waals surface area contributed by atoms with Crippen LogP contribution in [0, 0.1) is 0 Å². The molecule has 0 bridgehead atoms. The Labute approximate surface area is 110 Å². The van der Waals surface area contributed by atoms with Crippen LogP contribution in [0.3, 0.4) is 0 Å². The molecule has 1 aromatic rings. The molecule has 2 rings (SSSR count). The van der Waals surface area contributed by atoms with Crippen LogP contribution in [0.1, 0.15) is 11.1 Å². The second kappa shape index (κ2) is 4.32. The average Bonchev–Trinajstić information content (AvgIpc) is 2.59. The third kappa shape index (κ3) is 2.08. The summed E-state index contributed by atoms with van der Waals surface area (Å²) in [6, 6.07) is 2.52. The summed E-state index contributed by atoms with van der Waals surface area (Å²) in [6.07, 6.45) is -6.65. The van der Waals surface area contributed by atoms with Crippen molar-refractivity contribution in [3.63, 3.8) is 0 Å². The molecule has 0 amide bonds. The van der Waals surface area contributed by atoms with E-state index in [1.165, 1.54) is 0 Å². The van der Waals surface area contributed by atoms with Crippen LogP contribution in [0.4, 0.5) is 13.2 Å². The Morgan fingerprint density at radius 2 is 1.85 bits per heavy atom. The van der Waals surface area contributed by atoms with Gasteiger partial charge in [-0.3, -0.25) is 0 Å². The van der Waals surface area contributed by atoms with Gasteiger partial charge < -0.3 is 10.2 Å². The average molecular weight is 308 g/mol. The molecule has 0 aromatic heterocycles. The van der Waals surface area contributed by atoms with Crippen molar-refractivity contribution in [2.75, 3.05) is 0 Å². The second-order valence-electron chi connectivity index (χ2n) is 4.01. The molecule has 108 valence electrons. The van der Waals surface area contributed by atoms with Gasteiger partial charge in [0, 0.05) is 5.56 Å². The summed E-state index contributed by atoms with van der Waals surface area (Å²) in [5.41, 5.74) is -1.86. The lowest BCUT2D eigenvalue weighted by molar-refractivity contribution is -0.144. The normalized spacial score (nSPS) is 18.3. The fourth-order valence-corrected chi connectivity index (χ4v) is 3.51. The zero-order chi connectivity index (χ0) is 15.3. The molecule has 0 saturated heterocycles. The van der Waals surface area contributed by atoms with Crippen molar-refractivity contribution in [3.05, 3.63) is 34.2 Å². The van der Waals surface area contributed by atoms with E-state index in [9.17, 15) is 31.5 Å². The molecule has 1 aliphatic heterocycles. The van der Waals surface area contributed by atoms with E-state index < -0.39 is 49.0 Å². The van der Waals surface area contributed by atoms with Gasteiger partial charge in [0.1, 0.15) is 0 Å². The number of aliphatic carboxylic acids is 1. The highest BCUT2D eigenvalue weighted by atomic mass is 32.2. The highest BCUT2D eigenvalue weighted by Crippen LogP contribution is 2.42. The number of fused-ring (bicyclic) bond motifs is 1. The van der Waals surface area contributed by atoms with Crippen molar-refractivity contribution in [2.24, 2.45) is 0 Å². The summed E-state index contributed by atoms with van der Waals surface area (Å²) in [6.45, 7) is 0. The molecule has 1 atom stereocenters. The summed E-state index contributed by atoms with van der Waals surface area (Å²) in [5.74, 6) is -1.86. The van der Waals surface area contributed by atoms with Gasteiger partial charge in [-0.05, 0) is 18.2 Å². The first-order valence-corrected chi connectivity index (χ1v) is 6.63. The summed E-state index contributed by atoms with van der Waals surface area (Å²) in [5, 5.41) is 17.9. The van der Waals surface area contributed by atoms with Gasteiger partial charge in [-0.2, -0.15) is 13.2 Å². The van der Waals surface area contributed by atoms with Crippen molar-refractivity contribution in [3.8, 4) is 0 Å². The van der Waals surface area contributed by atoms with Crippen LogP contribution in [-0.4, -0.2) is 30.7 Å². The Balaban J connectivity index is 2.72. The molecule has 1 unspecified atom stereocenters. The van der Waals surface area contributed by atoms with Crippen molar-refractivity contribution < 1.29 is 36.6 Å². The van der Waals surface area contributed by atoms with Crippen LogP contribution in [0.25, 0.3) is 6.08 Å². The lowest BCUT2D eigenvalue weighted by Gasteiger charge is -2.10. The molecule has 2 N–H and O–H groups in total. The smallest absolute Gasteiger partial charge is 0.417 e.